The lowest BCUT2D eigenvalue weighted by atomic mass is 10.1. The number of nitrogens with zero attached hydrogens (tertiary/aromatic N) is 6. The molecule has 0 bridgehead atoms. The molecule has 3 rings (SSSR count). The third-order valence-corrected chi connectivity index (χ3v) is 4.30. The van der Waals surface area contributed by atoms with E-state index in [1.54, 1.807) is 30.3 Å². The molecule has 1 aliphatic heterocycles. The summed E-state index contributed by atoms with van der Waals surface area (Å²) in [5.74, 6) is 0.633. The van der Waals surface area contributed by atoms with Gasteiger partial charge in [-0.2, -0.15) is 5.10 Å². The van der Waals surface area contributed by atoms with Gasteiger partial charge >= 0.3 is 0 Å². The number of anilines is 1. The molecular formula is C17H22N6O2. The van der Waals surface area contributed by atoms with Crippen LogP contribution in [0.5, 0.6) is 0 Å². The molecule has 8 heteroatoms. The van der Waals surface area contributed by atoms with Crippen molar-refractivity contribution in [2.75, 3.05) is 25.5 Å². The minimum atomic E-state index is -0.274. The fourth-order valence-corrected chi connectivity index (χ4v) is 3.00. The minimum absolute atomic E-state index is 0.0577. The van der Waals surface area contributed by atoms with Crippen LogP contribution in [-0.2, 0) is 11.3 Å². The molecule has 2 aromatic rings. The summed E-state index contributed by atoms with van der Waals surface area (Å²) in [6, 6.07) is 2.97. The van der Waals surface area contributed by atoms with E-state index in [1.807, 2.05) is 19.0 Å². The second kappa shape index (κ2) is 7.00. The third-order valence-electron chi connectivity index (χ3n) is 4.30. The van der Waals surface area contributed by atoms with Gasteiger partial charge in [0.1, 0.15) is 12.4 Å². The first kappa shape index (κ1) is 17.1. The lowest BCUT2D eigenvalue weighted by Gasteiger charge is -2.25. The van der Waals surface area contributed by atoms with Gasteiger partial charge in [-0.3, -0.25) is 14.6 Å². The lowest BCUT2D eigenvalue weighted by Crippen LogP contribution is -2.37. The Bertz CT molecular complexity index is 832. The van der Waals surface area contributed by atoms with Gasteiger partial charge in [0.05, 0.1) is 29.8 Å². The number of rotatable bonds is 4. The van der Waals surface area contributed by atoms with Crippen LogP contribution < -0.4 is 10.5 Å². The van der Waals surface area contributed by atoms with Crippen LogP contribution in [0.2, 0.25) is 0 Å². The van der Waals surface area contributed by atoms with Crippen LogP contribution >= 0.6 is 0 Å². The van der Waals surface area contributed by atoms with E-state index in [-0.39, 0.29) is 24.1 Å². The van der Waals surface area contributed by atoms with Gasteiger partial charge in [-0.05, 0) is 25.8 Å². The van der Waals surface area contributed by atoms with E-state index >= 15 is 0 Å². The Labute approximate surface area is 146 Å². The fraction of sp³-hybridized carbons (Fsp3) is 0.471. The average Bonchev–Trinajstić information content (AvgIpc) is 3.08. The molecule has 132 valence electrons. The van der Waals surface area contributed by atoms with Crippen LogP contribution in [0.15, 0.2) is 29.3 Å². The fourth-order valence-electron chi connectivity index (χ4n) is 3.00. The molecule has 0 aromatic carbocycles. The molecule has 1 saturated heterocycles. The normalized spacial score (nSPS) is 16.9. The third kappa shape index (κ3) is 3.67. The summed E-state index contributed by atoms with van der Waals surface area (Å²) in [5, 5.41) is 4.14. The van der Waals surface area contributed by atoms with Crippen molar-refractivity contribution in [2.24, 2.45) is 0 Å². The Balaban J connectivity index is 1.81. The molecule has 3 heterocycles. The van der Waals surface area contributed by atoms with Gasteiger partial charge in [-0.1, -0.05) is 0 Å². The van der Waals surface area contributed by atoms with E-state index in [0.717, 1.165) is 24.4 Å². The van der Waals surface area contributed by atoms with E-state index in [1.165, 1.54) is 10.7 Å². The van der Waals surface area contributed by atoms with Crippen molar-refractivity contribution in [1.29, 1.82) is 0 Å². The second-order valence-corrected chi connectivity index (χ2v) is 6.41. The Morgan fingerprint density at radius 3 is 2.88 bits per heavy atom. The standard InChI is InChI=1S/C17H22N6O2/c1-12-6-7-16(24)23(20-12)11-17(25)22-8-4-5-14(22)13-9-18-10-15(19-13)21(2)3/h6-7,9-10,14H,4-5,8,11H2,1-3H3/t14-/m0/s1. The summed E-state index contributed by atoms with van der Waals surface area (Å²) in [4.78, 5) is 37.2. The molecule has 8 nitrogen and oxygen atoms in total. The Kier molecular flexibility index (Phi) is 4.78. The summed E-state index contributed by atoms with van der Waals surface area (Å²) < 4.78 is 1.22. The number of carbonyl (C=O) groups excluding carboxylic acids is 1. The van der Waals surface area contributed by atoms with Gasteiger partial charge in [0.2, 0.25) is 5.91 Å². The predicted molar refractivity (Wildman–Crippen MR) is 93.3 cm³/mol. The maximum absolute atomic E-state index is 12.7. The number of likely N-dealkylation sites (tertiary alicyclic amines) is 1. The van der Waals surface area contributed by atoms with E-state index in [0.29, 0.717) is 12.2 Å². The quantitative estimate of drug-likeness (QED) is 0.816. The van der Waals surface area contributed by atoms with Gasteiger partial charge in [0.25, 0.3) is 5.56 Å². The first-order chi connectivity index (χ1) is 12.0. The molecule has 25 heavy (non-hydrogen) atoms. The van der Waals surface area contributed by atoms with Gasteiger partial charge in [0.15, 0.2) is 0 Å². The maximum atomic E-state index is 12.7. The monoisotopic (exact) mass is 342 g/mol. The molecule has 0 spiro atoms. The summed E-state index contributed by atoms with van der Waals surface area (Å²) in [6.07, 6.45) is 5.15. The molecule has 0 unspecified atom stereocenters. The first-order valence-corrected chi connectivity index (χ1v) is 8.29. The van der Waals surface area contributed by atoms with Crippen LogP contribution in [0, 0.1) is 6.92 Å². The highest BCUT2D eigenvalue weighted by Crippen LogP contribution is 2.31. The summed E-state index contributed by atoms with van der Waals surface area (Å²) in [6.45, 7) is 2.39. The van der Waals surface area contributed by atoms with Crippen molar-refractivity contribution in [3.8, 4) is 0 Å². The Morgan fingerprint density at radius 1 is 1.32 bits per heavy atom. The van der Waals surface area contributed by atoms with Crippen LogP contribution in [0.4, 0.5) is 5.82 Å². The summed E-state index contributed by atoms with van der Waals surface area (Å²) in [5.41, 5.74) is 1.21. The zero-order valence-corrected chi connectivity index (χ0v) is 14.7. The molecular weight excluding hydrogens is 320 g/mol. The average molecular weight is 342 g/mol. The molecule has 2 aromatic heterocycles. The van der Waals surface area contributed by atoms with Crippen molar-refractivity contribution in [3.05, 3.63) is 46.3 Å². The van der Waals surface area contributed by atoms with Crippen molar-refractivity contribution < 1.29 is 4.79 Å². The van der Waals surface area contributed by atoms with E-state index in [4.69, 9.17) is 0 Å². The van der Waals surface area contributed by atoms with Gasteiger partial charge in [-0.25, -0.2) is 9.67 Å². The van der Waals surface area contributed by atoms with E-state index in [9.17, 15) is 9.59 Å². The molecule has 0 aliphatic carbocycles. The predicted octanol–water partition coefficient (Wildman–Crippen LogP) is 0.771. The summed E-state index contributed by atoms with van der Waals surface area (Å²) >= 11 is 0. The van der Waals surface area contributed by atoms with Crippen LogP contribution in [0.3, 0.4) is 0 Å². The van der Waals surface area contributed by atoms with Crippen LogP contribution in [0.25, 0.3) is 0 Å². The number of aryl methyl sites for hydroxylation is 1. The van der Waals surface area contributed by atoms with Gasteiger partial charge in [0, 0.05) is 26.7 Å². The Hall–Kier alpha value is -2.77. The SMILES string of the molecule is Cc1ccc(=O)n(CC(=O)N2CCC[C@H]2c2cncc(N(C)C)n2)n1. The molecule has 1 aliphatic rings. The largest absolute Gasteiger partial charge is 0.361 e. The zero-order valence-electron chi connectivity index (χ0n) is 14.7. The molecule has 0 N–H and O–H groups in total. The number of hydrogen-bond acceptors (Lipinski definition) is 6. The van der Waals surface area contributed by atoms with Gasteiger partial charge in [-0.15, -0.1) is 0 Å². The highest BCUT2D eigenvalue weighted by atomic mass is 16.2. The second-order valence-electron chi connectivity index (χ2n) is 6.41. The maximum Gasteiger partial charge on any atom is 0.267 e. The molecule has 1 fully saturated rings. The summed E-state index contributed by atoms with van der Waals surface area (Å²) in [7, 11) is 3.81. The number of carbonyl (C=O) groups is 1. The Morgan fingerprint density at radius 2 is 2.12 bits per heavy atom. The van der Waals surface area contributed by atoms with Crippen molar-refractivity contribution in [2.45, 2.75) is 32.4 Å². The van der Waals surface area contributed by atoms with Crippen molar-refractivity contribution in [3.63, 3.8) is 0 Å². The first-order valence-electron chi connectivity index (χ1n) is 8.29. The number of aromatic nitrogens is 4. The lowest BCUT2D eigenvalue weighted by molar-refractivity contribution is -0.133. The molecule has 1 atom stereocenters. The smallest absolute Gasteiger partial charge is 0.267 e. The molecule has 0 saturated carbocycles. The number of hydrogen-bond donors (Lipinski definition) is 0. The van der Waals surface area contributed by atoms with E-state index < -0.39 is 0 Å². The van der Waals surface area contributed by atoms with Gasteiger partial charge < -0.3 is 9.80 Å². The zero-order chi connectivity index (χ0) is 18.0. The molecule has 1 amide bonds. The molecule has 0 radical (unpaired) electrons. The highest BCUT2D eigenvalue weighted by molar-refractivity contribution is 5.76. The minimum Gasteiger partial charge on any atom is -0.361 e. The topological polar surface area (TPSA) is 84.2 Å². The van der Waals surface area contributed by atoms with Crippen molar-refractivity contribution in [1.82, 2.24) is 24.6 Å². The van der Waals surface area contributed by atoms with E-state index in [2.05, 4.69) is 15.1 Å². The van der Waals surface area contributed by atoms with Crippen molar-refractivity contribution >= 4 is 11.7 Å². The number of amides is 1. The van der Waals surface area contributed by atoms with Crippen LogP contribution in [-0.4, -0.2) is 51.2 Å². The highest BCUT2D eigenvalue weighted by Gasteiger charge is 2.31. The van der Waals surface area contributed by atoms with Crippen LogP contribution in [0.1, 0.15) is 30.3 Å².